The smallest absolute Gasteiger partial charge is 0.241 e. The summed E-state index contributed by atoms with van der Waals surface area (Å²) in [5, 5.41) is 9.18. The molecule has 0 amide bonds. The molecule has 102 valence electrons. The predicted molar refractivity (Wildman–Crippen MR) is 71.6 cm³/mol. The maximum absolute atomic E-state index is 12.2. The summed E-state index contributed by atoms with van der Waals surface area (Å²) < 4.78 is 26.9. The maximum Gasteiger partial charge on any atom is 0.241 e. The van der Waals surface area contributed by atoms with Crippen LogP contribution in [0.2, 0.25) is 0 Å². The number of nitrogens with two attached hydrogens (primary N) is 1. The van der Waals surface area contributed by atoms with E-state index in [0.29, 0.717) is 11.3 Å². The minimum absolute atomic E-state index is 0.00569. The van der Waals surface area contributed by atoms with E-state index in [2.05, 4.69) is 4.72 Å². The van der Waals surface area contributed by atoms with Crippen molar-refractivity contribution in [2.45, 2.75) is 31.7 Å². The predicted octanol–water partition coefficient (Wildman–Crippen LogP) is 0.872. The van der Waals surface area contributed by atoms with E-state index in [1.54, 1.807) is 19.1 Å². The normalized spacial score (nSPS) is 13.8. The van der Waals surface area contributed by atoms with Crippen LogP contribution in [-0.2, 0) is 10.0 Å². The van der Waals surface area contributed by atoms with Crippen LogP contribution in [0.1, 0.15) is 19.4 Å². The van der Waals surface area contributed by atoms with E-state index < -0.39 is 16.1 Å². The molecule has 0 aromatic heterocycles. The molecule has 0 radical (unpaired) electrons. The topological polar surface area (TPSA) is 92.4 Å². The molecule has 0 saturated heterocycles. The molecule has 0 aliphatic rings. The first-order chi connectivity index (χ1) is 8.27. The van der Waals surface area contributed by atoms with Crippen molar-refractivity contribution in [2.24, 2.45) is 5.92 Å². The first-order valence-corrected chi connectivity index (χ1v) is 7.25. The molecule has 1 rings (SSSR count). The Morgan fingerprint density at radius 2 is 2.00 bits per heavy atom. The molecule has 0 bridgehead atoms. The minimum Gasteiger partial charge on any atom is -0.399 e. The summed E-state index contributed by atoms with van der Waals surface area (Å²) in [5.41, 5.74) is 6.62. The minimum atomic E-state index is -3.66. The Balaban J connectivity index is 3.10. The van der Waals surface area contributed by atoms with Crippen molar-refractivity contribution in [2.75, 3.05) is 12.3 Å². The third kappa shape index (κ3) is 3.44. The van der Waals surface area contributed by atoms with Gasteiger partial charge in [0, 0.05) is 11.7 Å². The Hall–Kier alpha value is -1.11. The Morgan fingerprint density at radius 1 is 1.39 bits per heavy atom. The van der Waals surface area contributed by atoms with Gasteiger partial charge in [0.2, 0.25) is 10.0 Å². The van der Waals surface area contributed by atoms with Crippen LogP contribution in [0.4, 0.5) is 5.69 Å². The summed E-state index contributed by atoms with van der Waals surface area (Å²) in [6.45, 7) is 5.15. The SMILES string of the molecule is Cc1ccc(N)cc1S(=O)(=O)NC(CO)C(C)C. The summed E-state index contributed by atoms with van der Waals surface area (Å²) >= 11 is 0. The van der Waals surface area contributed by atoms with Gasteiger partial charge in [0.1, 0.15) is 0 Å². The second-order valence-corrected chi connectivity index (χ2v) is 6.36. The lowest BCUT2D eigenvalue weighted by molar-refractivity contribution is 0.227. The van der Waals surface area contributed by atoms with E-state index in [4.69, 9.17) is 5.73 Å². The number of hydrogen-bond acceptors (Lipinski definition) is 4. The standard InChI is InChI=1S/C12H20N2O3S/c1-8(2)11(7-15)14-18(16,17)12-6-10(13)5-4-9(12)3/h4-6,8,11,14-15H,7,13H2,1-3H3. The number of hydrogen-bond donors (Lipinski definition) is 3. The van der Waals surface area contributed by atoms with Gasteiger partial charge in [-0.3, -0.25) is 0 Å². The molecule has 18 heavy (non-hydrogen) atoms. The molecular formula is C12H20N2O3S. The summed E-state index contributed by atoms with van der Waals surface area (Å²) in [7, 11) is -3.66. The van der Waals surface area contributed by atoms with Gasteiger partial charge in [0.25, 0.3) is 0 Å². The average molecular weight is 272 g/mol. The summed E-state index contributed by atoms with van der Waals surface area (Å²) in [6, 6.07) is 4.23. The van der Waals surface area contributed by atoms with Gasteiger partial charge in [-0.05, 0) is 30.5 Å². The van der Waals surface area contributed by atoms with Crippen molar-refractivity contribution in [3.8, 4) is 0 Å². The lowest BCUT2D eigenvalue weighted by Crippen LogP contribution is -2.41. The lowest BCUT2D eigenvalue weighted by Gasteiger charge is -2.20. The second-order valence-electron chi connectivity index (χ2n) is 4.68. The molecule has 1 aromatic rings. The zero-order chi connectivity index (χ0) is 13.9. The number of aryl methyl sites for hydroxylation is 1. The van der Waals surface area contributed by atoms with Crippen molar-refractivity contribution >= 4 is 15.7 Å². The van der Waals surface area contributed by atoms with Gasteiger partial charge in [0.15, 0.2) is 0 Å². The molecule has 6 heteroatoms. The van der Waals surface area contributed by atoms with E-state index in [-0.39, 0.29) is 17.4 Å². The molecule has 0 aliphatic carbocycles. The number of aliphatic hydroxyl groups excluding tert-OH is 1. The fraction of sp³-hybridized carbons (Fsp3) is 0.500. The first kappa shape index (κ1) is 14.9. The monoisotopic (exact) mass is 272 g/mol. The summed E-state index contributed by atoms with van der Waals surface area (Å²) in [6.07, 6.45) is 0. The van der Waals surface area contributed by atoms with Crippen LogP contribution in [0, 0.1) is 12.8 Å². The lowest BCUT2D eigenvalue weighted by atomic mass is 10.1. The molecule has 0 saturated carbocycles. The Morgan fingerprint density at radius 3 is 2.50 bits per heavy atom. The highest BCUT2D eigenvalue weighted by atomic mass is 32.2. The van der Waals surface area contributed by atoms with Crippen molar-refractivity contribution < 1.29 is 13.5 Å². The van der Waals surface area contributed by atoms with E-state index >= 15 is 0 Å². The molecular weight excluding hydrogens is 252 g/mol. The van der Waals surface area contributed by atoms with Crippen molar-refractivity contribution in [3.63, 3.8) is 0 Å². The van der Waals surface area contributed by atoms with E-state index in [0.717, 1.165) is 0 Å². The van der Waals surface area contributed by atoms with E-state index in [1.807, 2.05) is 13.8 Å². The molecule has 1 atom stereocenters. The van der Waals surface area contributed by atoms with Crippen molar-refractivity contribution in [1.29, 1.82) is 0 Å². The van der Waals surface area contributed by atoms with Crippen LogP contribution < -0.4 is 10.5 Å². The number of aliphatic hydroxyl groups is 1. The molecule has 0 aliphatic heterocycles. The van der Waals surface area contributed by atoms with Gasteiger partial charge in [-0.2, -0.15) is 0 Å². The third-order valence-electron chi connectivity index (χ3n) is 2.81. The zero-order valence-electron chi connectivity index (χ0n) is 10.8. The van der Waals surface area contributed by atoms with Crippen molar-refractivity contribution in [1.82, 2.24) is 4.72 Å². The number of sulfonamides is 1. The third-order valence-corrected chi connectivity index (χ3v) is 4.44. The fourth-order valence-electron chi connectivity index (χ4n) is 1.55. The summed E-state index contributed by atoms with van der Waals surface area (Å²) in [5.74, 6) is 0.00569. The van der Waals surface area contributed by atoms with Gasteiger partial charge >= 0.3 is 0 Å². The van der Waals surface area contributed by atoms with Gasteiger partial charge in [0.05, 0.1) is 11.5 Å². The Bertz CT molecular complexity index is 512. The Labute approximate surface area is 108 Å². The molecule has 0 fully saturated rings. The Kier molecular flexibility index (Phi) is 4.72. The number of nitrogens with one attached hydrogen (secondary N) is 1. The first-order valence-electron chi connectivity index (χ1n) is 5.77. The highest BCUT2D eigenvalue weighted by Crippen LogP contribution is 2.19. The summed E-state index contributed by atoms with van der Waals surface area (Å²) in [4.78, 5) is 0.154. The van der Waals surface area contributed by atoms with Gasteiger partial charge in [-0.1, -0.05) is 19.9 Å². The van der Waals surface area contributed by atoms with Crippen LogP contribution in [0.25, 0.3) is 0 Å². The second kappa shape index (κ2) is 5.69. The molecule has 0 heterocycles. The molecule has 5 nitrogen and oxygen atoms in total. The van der Waals surface area contributed by atoms with Gasteiger partial charge in [-0.25, -0.2) is 13.1 Å². The highest BCUT2D eigenvalue weighted by molar-refractivity contribution is 7.89. The van der Waals surface area contributed by atoms with Crippen LogP contribution in [0.3, 0.4) is 0 Å². The largest absolute Gasteiger partial charge is 0.399 e. The number of nitrogen functional groups attached to an aromatic ring is 1. The number of rotatable bonds is 5. The number of benzene rings is 1. The van der Waals surface area contributed by atoms with E-state index in [1.165, 1.54) is 6.07 Å². The van der Waals surface area contributed by atoms with Crippen LogP contribution in [-0.4, -0.2) is 26.2 Å². The van der Waals surface area contributed by atoms with Gasteiger partial charge < -0.3 is 10.8 Å². The quantitative estimate of drug-likeness (QED) is 0.694. The number of anilines is 1. The molecule has 0 spiro atoms. The average Bonchev–Trinajstić information content (AvgIpc) is 2.28. The highest BCUT2D eigenvalue weighted by Gasteiger charge is 2.23. The van der Waals surface area contributed by atoms with E-state index in [9.17, 15) is 13.5 Å². The van der Waals surface area contributed by atoms with Crippen molar-refractivity contribution in [3.05, 3.63) is 23.8 Å². The molecule has 1 unspecified atom stereocenters. The van der Waals surface area contributed by atoms with Crippen LogP contribution in [0.5, 0.6) is 0 Å². The molecule has 1 aromatic carbocycles. The van der Waals surface area contributed by atoms with Crippen LogP contribution in [0.15, 0.2) is 23.1 Å². The fourth-order valence-corrected chi connectivity index (χ4v) is 3.21. The van der Waals surface area contributed by atoms with Gasteiger partial charge in [-0.15, -0.1) is 0 Å². The zero-order valence-corrected chi connectivity index (χ0v) is 11.7. The molecule has 4 N–H and O–H groups in total. The van der Waals surface area contributed by atoms with Crippen LogP contribution >= 0.6 is 0 Å². The maximum atomic E-state index is 12.2.